The molecule has 0 bridgehead atoms. The minimum Gasteiger partial charge on any atom is -0.147 e. The van der Waals surface area contributed by atoms with Gasteiger partial charge in [0.15, 0.2) is 0 Å². The topological polar surface area (TPSA) is 0 Å². The summed E-state index contributed by atoms with van der Waals surface area (Å²) in [7, 11) is 0. The van der Waals surface area contributed by atoms with Gasteiger partial charge < -0.3 is 0 Å². The molecule has 0 saturated carbocycles. The maximum Gasteiger partial charge on any atom is -0.0473 e. The van der Waals surface area contributed by atoms with Crippen molar-refractivity contribution in [3.63, 3.8) is 0 Å². The first-order chi connectivity index (χ1) is 2.83. The van der Waals surface area contributed by atoms with Gasteiger partial charge in [0, 0.05) is 0 Å². The Morgan fingerprint density at radius 1 is 0.700 bits per heavy atom. The predicted molar refractivity (Wildman–Crippen MR) is 60.7 cm³/mol. The number of rotatable bonds is 0. The van der Waals surface area contributed by atoms with Crippen LogP contribution >= 0.6 is 49.6 Å². The van der Waals surface area contributed by atoms with Gasteiger partial charge >= 0.3 is 0 Å². The van der Waals surface area contributed by atoms with E-state index in [0.717, 1.165) is 0 Å². The molecule has 4 heteroatoms. The smallest absolute Gasteiger partial charge is 0.0473 e. The second kappa shape index (κ2) is 103. The first-order valence-electron chi connectivity index (χ1n) is 1.97. The number of hydrogen-bond acceptors (Lipinski definition) is 0. The van der Waals surface area contributed by atoms with Crippen molar-refractivity contribution in [2.24, 2.45) is 0 Å². The third-order valence-electron chi connectivity index (χ3n) is 0. The lowest BCUT2D eigenvalue weighted by molar-refractivity contribution is 1.80. The molecule has 0 aliphatic heterocycles. The zero-order valence-electron chi connectivity index (χ0n) is 6.20. The largest absolute Gasteiger partial charge is 0.147 e. The van der Waals surface area contributed by atoms with E-state index in [2.05, 4.69) is 13.2 Å². The van der Waals surface area contributed by atoms with Crippen molar-refractivity contribution in [1.29, 1.82) is 0 Å². The molecule has 0 aliphatic rings. The van der Waals surface area contributed by atoms with Gasteiger partial charge in [-0.25, -0.2) is 0 Å². The van der Waals surface area contributed by atoms with Crippen LogP contribution in [0.5, 0.6) is 0 Å². The zero-order valence-corrected chi connectivity index (χ0v) is 9.47. The average molecular weight is 230 g/mol. The fraction of sp³-hybridized carbons (Fsp3) is 0.333. The van der Waals surface area contributed by atoms with Crippen LogP contribution < -0.4 is 0 Å². The molecule has 0 fully saturated rings. The standard InChI is InChI=1S/2C3H6.4ClH/c2*1-3-2;;;;/h2*3H,1H2,2H3;4*1H. The normalized spacial score (nSPS) is 2.60. The SMILES string of the molecule is C=CC.C=CC.Cl.Cl.Cl.Cl. The lowest BCUT2D eigenvalue weighted by atomic mass is 10.8. The summed E-state index contributed by atoms with van der Waals surface area (Å²) >= 11 is 0. The molecule has 0 aromatic carbocycles. The molecular weight excluding hydrogens is 214 g/mol. The molecule has 0 nitrogen and oxygen atoms in total. The van der Waals surface area contributed by atoms with Crippen molar-refractivity contribution >= 4 is 49.6 Å². The van der Waals surface area contributed by atoms with Crippen molar-refractivity contribution < 1.29 is 0 Å². The summed E-state index contributed by atoms with van der Waals surface area (Å²) in [5.74, 6) is 0. The van der Waals surface area contributed by atoms with Gasteiger partial charge in [-0.15, -0.1) is 62.8 Å². The fourth-order valence-electron chi connectivity index (χ4n) is 0. The predicted octanol–water partition coefficient (Wildman–Crippen LogP) is 4.07. The highest BCUT2D eigenvalue weighted by atomic mass is 35.5. The van der Waals surface area contributed by atoms with Crippen LogP contribution in [0.2, 0.25) is 0 Å². The van der Waals surface area contributed by atoms with E-state index < -0.39 is 0 Å². The Balaban J connectivity index is -0.00000000571. The van der Waals surface area contributed by atoms with Crippen LogP contribution in [-0.2, 0) is 0 Å². The molecule has 0 radical (unpaired) electrons. The highest BCUT2D eigenvalue weighted by molar-refractivity contribution is 5.86. The van der Waals surface area contributed by atoms with E-state index in [1.54, 1.807) is 12.2 Å². The van der Waals surface area contributed by atoms with Gasteiger partial charge in [0.05, 0.1) is 0 Å². The molecule has 0 rings (SSSR count). The molecule has 68 valence electrons. The van der Waals surface area contributed by atoms with Crippen molar-refractivity contribution in [3.8, 4) is 0 Å². The van der Waals surface area contributed by atoms with Gasteiger partial charge in [0.2, 0.25) is 0 Å². The third kappa shape index (κ3) is 1230. The van der Waals surface area contributed by atoms with Crippen LogP contribution in [0.4, 0.5) is 0 Å². The minimum absolute atomic E-state index is 0. The molecule has 0 heterocycles. The summed E-state index contributed by atoms with van der Waals surface area (Å²) in [5, 5.41) is 0. The van der Waals surface area contributed by atoms with E-state index in [1.807, 2.05) is 13.8 Å². The van der Waals surface area contributed by atoms with E-state index in [1.165, 1.54) is 0 Å². The molecule has 0 unspecified atom stereocenters. The molecule has 0 aliphatic carbocycles. The molecule has 0 saturated heterocycles. The zero-order chi connectivity index (χ0) is 5.41. The van der Waals surface area contributed by atoms with Gasteiger partial charge in [0.1, 0.15) is 0 Å². The lowest BCUT2D eigenvalue weighted by Crippen LogP contribution is -1.07. The Morgan fingerprint density at radius 2 is 0.700 bits per heavy atom. The maximum absolute atomic E-state index is 3.36. The minimum atomic E-state index is 0. The molecule has 0 amide bonds. The van der Waals surface area contributed by atoms with E-state index in [0.29, 0.717) is 0 Å². The summed E-state index contributed by atoms with van der Waals surface area (Å²) in [5.41, 5.74) is 0. The molecule has 10 heavy (non-hydrogen) atoms. The van der Waals surface area contributed by atoms with Crippen molar-refractivity contribution in [2.45, 2.75) is 13.8 Å². The van der Waals surface area contributed by atoms with E-state index in [4.69, 9.17) is 0 Å². The highest BCUT2D eigenvalue weighted by Crippen LogP contribution is 1.38. The van der Waals surface area contributed by atoms with Gasteiger partial charge in [-0.3, -0.25) is 0 Å². The molecule has 0 N–H and O–H groups in total. The fourth-order valence-corrected chi connectivity index (χ4v) is 0. The third-order valence-corrected chi connectivity index (χ3v) is 0. The van der Waals surface area contributed by atoms with Crippen molar-refractivity contribution in [1.82, 2.24) is 0 Å². The summed E-state index contributed by atoms with van der Waals surface area (Å²) in [4.78, 5) is 0. The highest BCUT2D eigenvalue weighted by Gasteiger charge is 1.15. The lowest BCUT2D eigenvalue weighted by Gasteiger charge is -1.31. The Labute approximate surface area is 88.8 Å². The molecule has 0 spiro atoms. The summed E-state index contributed by atoms with van der Waals surface area (Å²) in [6.45, 7) is 10.5. The van der Waals surface area contributed by atoms with Crippen molar-refractivity contribution in [2.75, 3.05) is 0 Å². The number of allylic oxidation sites excluding steroid dienone is 2. The maximum atomic E-state index is 3.36. The van der Waals surface area contributed by atoms with Crippen LogP contribution in [0.3, 0.4) is 0 Å². The average Bonchev–Trinajstić information content (AvgIpc) is 1.39. The van der Waals surface area contributed by atoms with Crippen LogP contribution in [-0.4, -0.2) is 0 Å². The first kappa shape index (κ1) is 45.9. The molecule has 0 atom stereocenters. The Hall–Kier alpha value is 0.640. The molecule has 0 aromatic rings. The Bertz CT molecular complexity index is 30.7. The molecular formula is C6H16Cl4. The van der Waals surface area contributed by atoms with E-state index >= 15 is 0 Å². The van der Waals surface area contributed by atoms with Gasteiger partial charge in [-0.2, -0.15) is 0 Å². The van der Waals surface area contributed by atoms with Crippen LogP contribution in [0.1, 0.15) is 13.8 Å². The monoisotopic (exact) mass is 228 g/mol. The first-order valence-corrected chi connectivity index (χ1v) is 1.97. The van der Waals surface area contributed by atoms with Gasteiger partial charge in [-0.05, 0) is 13.8 Å². The molecule has 0 aromatic heterocycles. The summed E-state index contributed by atoms with van der Waals surface area (Å²) in [6.07, 6.45) is 3.50. The van der Waals surface area contributed by atoms with Gasteiger partial charge in [-0.1, -0.05) is 12.2 Å². The van der Waals surface area contributed by atoms with E-state index in [9.17, 15) is 0 Å². The van der Waals surface area contributed by atoms with Crippen LogP contribution in [0.15, 0.2) is 25.3 Å². The number of hydrogen-bond donors (Lipinski definition) is 0. The number of halogens is 4. The Morgan fingerprint density at radius 3 is 0.700 bits per heavy atom. The summed E-state index contributed by atoms with van der Waals surface area (Å²) < 4.78 is 0. The Kier molecular flexibility index (Phi) is 474. The summed E-state index contributed by atoms with van der Waals surface area (Å²) in [6, 6.07) is 0. The van der Waals surface area contributed by atoms with Crippen LogP contribution in [0, 0.1) is 0 Å². The van der Waals surface area contributed by atoms with Crippen molar-refractivity contribution in [3.05, 3.63) is 25.3 Å². The van der Waals surface area contributed by atoms with Gasteiger partial charge in [0.25, 0.3) is 0 Å². The second-order valence-electron chi connectivity index (χ2n) is 0.816. The second-order valence-corrected chi connectivity index (χ2v) is 0.816. The quantitative estimate of drug-likeness (QED) is 0.550. The van der Waals surface area contributed by atoms with E-state index in [-0.39, 0.29) is 49.6 Å². The van der Waals surface area contributed by atoms with Crippen LogP contribution in [0.25, 0.3) is 0 Å².